The molecule has 0 saturated carbocycles. The molecule has 0 bridgehead atoms. The fourth-order valence-corrected chi connectivity index (χ4v) is 4.74. The van der Waals surface area contributed by atoms with Crippen molar-refractivity contribution >= 4 is 46.0 Å². The third-order valence-electron chi connectivity index (χ3n) is 4.72. The van der Waals surface area contributed by atoms with E-state index in [0.717, 1.165) is 34.0 Å². The van der Waals surface area contributed by atoms with E-state index in [-0.39, 0.29) is 34.6 Å². The summed E-state index contributed by atoms with van der Waals surface area (Å²) >= 11 is 2.54. The molecule has 31 heavy (non-hydrogen) atoms. The minimum atomic E-state index is -0.646. The highest BCUT2D eigenvalue weighted by molar-refractivity contribution is 8.00. The van der Waals surface area contributed by atoms with E-state index in [1.54, 1.807) is 16.7 Å². The number of anilines is 1. The SMILES string of the molecule is CC1=CN2C(=O)C(NC(=O)C(=NOCc3ccc(CN)cc3)c3nsc(N)n3)[C@@H]2SC1. The molecular formula is C19H21N7O3S2. The Hall–Kier alpha value is -2.96. The van der Waals surface area contributed by atoms with Crippen molar-refractivity contribution in [2.75, 3.05) is 11.5 Å². The van der Waals surface area contributed by atoms with Crippen LogP contribution in [0, 0.1) is 0 Å². The van der Waals surface area contributed by atoms with Gasteiger partial charge in [0.2, 0.25) is 11.5 Å². The summed E-state index contributed by atoms with van der Waals surface area (Å²) in [6.45, 7) is 2.55. The van der Waals surface area contributed by atoms with Gasteiger partial charge in [-0.1, -0.05) is 29.4 Å². The number of nitrogens with zero attached hydrogens (tertiary/aromatic N) is 4. The Bertz CT molecular complexity index is 1050. The quantitative estimate of drug-likeness (QED) is 0.313. The number of nitrogens with two attached hydrogens (primary N) is 2. The first-order chi connectivity index (χ1) is 15.0. The van der Waals surface area contributed by atoms with Gasteiger partial charge in [0.25, 0.3) is 11.8 Å². The molecule has 3 heterocycles. The third-order valence-corrected chi connectivity index (χ3v) is 6.73. The molecule has 1 aromatic carbocycles. The summed E-state index contributed by atoms with van der Waals surface area (Å²) in [5, 5.41) is 6.75. The van der Waals surface area contributed by atoms with Gasteiger partial charge in [0.15, 0.2) is 5.13 Å². The summed E-state index contributed by atoms with van der Waals surface area (Å²) in [6.07, 6.45) is 1.82. The van der Waals surface area contributed by atoms with Crippen LogP contribution in [0.4, 0.5) is 5.13 Å². The van der Waals surface area contributed by atoms with Crippen molar-refractivity contribution in [3.63, 3.8) is 0 Å². The summed E-state index contributed by atoms with van der Waals surface area (Å²) in [4.78, 5) is 36.4. The molecule has 2 aromatic rings. The number of aromatic nitrogens is 2. The van der Waals surface area contributed by atoms with E-state index < -0.39 is 11.9 Å². The van der Waals surface area contributed by atoms with Crippen molar-refractivity contribution in [3.8, 4) is 0 Å². The summed E-state index contributed by atoms with van der Waals surface area (Å²) in [5.74, 6) is 0.0871. The molecule has 1 aromatic heterocycles. The molecule has 4 rings (SSSR count). The van der Waals surface area contributed by atoms with Crippen LogP contribution in [0.1, 0.15) is 23.9 Å². The molecule has 162 valence electrons. The largest absolute Gasteiger partial charge is 0.390 e. The molecule has 2 atom stereocenters. The summed E-state index contributed by atoms with van der Waals surface area (Å²) in [5.41, 5.74) is 14.1. The van der Waals surface area contributed by atoms with Crippen molar-refractivity contribution in [1.82, 2.24) is 19.6 Å². The van der Waals surface area contributed by atoms with Crippen LogP contribution in [0.25, 0.3) is 0 Å². The first-order valence-corrected chi connectivity index (χ1v) is 11.3. The number of benzene rings is 1. The number of rotatable bonds is 7. The van der Waals surface area contributed by atoms with Crippen LogP contribution in [0.15, 0.2) is 41.2 Å². The van der Waals surface area contributed by atoms with Crippen molar-refractivity contribution < 1.29 is 14.4 Å². The third kappa shape index (κ3) is 4.55. The number of hydrogen-bond acceptors (Lipinski definition) is 10. The molecule has 1 fully saturated rings. The summed E-state index contributed by atoms with van der Waals surface area (Å²) in [6, 6.07) is 6.88. The first-order valence-electron chi connectivity index (χ1n) is 9.45. The molecule has 2 aliphatic rings. The smallest absolute Gasteiger partial charge is 0.278 e. The fraction of sp³-hybridized carbons (Fsp3) is 0.316. The summed E-state index contributed by atoms with van der Waals surface area (Å²) in [7, 11) is 0. The number of amides is 2. The van der Waals surface area contributed by atoms with Gasteiger partial charge in [-0.15, -0.1) is 11.8 Å². The van der Waals surface area contributed by atoms with Gasteiger partial charge in [0.05, 0.1) is 0 Å². The van der Waals surface area contributed by atoms with Crippen LogP contribution in [0.2, 0.25) is 0 Å². The van der Waals surface area contributed by atoms with Crippen LogP contribution in [0.5, 0.6) is 0 Å². The first kappa shape index (κ1) is 21.3. The number of oxime groups is 1. The topological polar surface area (TPSA) is 149 Å². The van der Waals surface area contributed by atoms with Gasteiger partial charge in [-0.2, -0.15) is 9.36 Å². The number of nitrogen functional groups attached to an aromatic ring is 1. The normalized spacial score (nSPS) is 20.6. The van der Waals surface area contributed by atoms with E-state index in [4.69, 9.17) is 16.3 Å². The minimum absolute atomic E-state index is 0.0501. The van der Waals surface area contributed by atoms with Crippen molar-refractivity contribution in [3.05, 3.63) is 53.0 Å². The van der Waals surface area contributed by atoms with Gasteiger partial charge in [-0.05, 0) is 23.6 Å². The van der Waals surface area contributed by atoms with Gasteiger partial charge >= 0.3 is 0 Å². The molecule has 1 saturated heterocycles. The van der Waals surface area contributed by atoms with Crippen molar-refractivity contribution in [2.24, 2.45) is 10.9 Å². The van der Waals surface area contributed by atoms with Gasteiger partial charge in [-0.3, -0.25) is 9.59 Å². The second-order valence-electron chi connectivity index (χ2n) is 7.06. The van der Waals surface area contributed by atoms with E-state index in [1.807, 2.05) is 37.4 Å². The highest BCUT2D eigenvalue weighted by atomic mass is 32.2. The van der Waals surface area contributed by atoms with E-state index in [0.29, 0.717) is 6.54 Å². The highest BCUT2D eigenvalue weighted by Crippen LogP contribution is 2.35. The molecule has 5 N–H and O–H groups in total. The minimum Gasteiger partial charge on any atom is -0.390 e. The van der Waals surface area contributed by atoms with Gasteiger partial charge in [0, 0.05) is 30.0 Å². The van der Waals surface area contributed by atoms with E-state index in [2.05, 4.69) is 19.8 Å². The van der Waals surface area contributed by atoms with Crippen LogP contribution in [-0.4, -0.2) is 49.0 Å². The monoisotopic (exact) mass is 459 g/mol. The number of hydrogen-bond donors (Lipinski definition) is 3. The van der Waals surface area contributed by atoms with Gasteiger partial charge in [-0.25, -0.2) is 0 Å². The number of thioether (sulfide) groups is 1. The zero-order valence-corrected chi connectivity index (χ0v) is 18.3. The average Bonchev–Trinajstić information content (AvgIpc) is 3.21. The van der Waals surface area contributed by atoms with Gasteiger partial charge in [0.1, 0.15) is 18.0 Å². The average molecular weight is 460 g/mol. The van der Waals surface area contributed by atoms with Crippen LogP contribution < -0.4 is 16.8 Å². The molecule has 10 nitrogen and oxygen atoms in total. The number of carbonyl (C=O) groups is 2. The Morgan fingerprint density at radius 2 is 2.10 bits per heavy atom. The second-order valence-corrected chi connectivity index (χ2v) is 8.95. The second kappa shape index (κ2) is 9.04. The maximum atomic E-state index is 12.9. The Morgan fingerprint density at radius 3 is 2.77 bits per heavy atom. The number of nitrogens with one attached hydrogen (secondary N) is 1. The lowest BCUT2D eigenvalue weighted by Gasteiger charge is -2.47. The van der Waals surface area contributed by atoms with E-state index in [9.17, 15) is 9.59 Å². The van der Waals surface area contributed by atoms with Crippen molar-refractivity contribution in [1.29, 1.82) is 0 Å². The van der Waals surface area contributed by atoms with E-state index in [1.165, 1.54) is 0 Å². The molecule has 0 radical (unpaired) electrons. The molecule has 1 unspecified atom stereocenters. The zero-order chi connectivity index (χ0) is 22.0. The zero-order valence-electron chi connectivity index (χ0n) is 16.6. The lowest BCUT2D eigenvalue weighted by Crippen LogP contribution is -2.69. The highest BCUT2D eigenvalue weighted by Gasteiger charge is 2.49. The Labute approximate surface area is 186 Å². The maximum absolute atomic E-state index is 12.9. The molecule has 0 aliphatic carbocycles. The Balaban J connectivity index is 1.46. The van der Waals surface area contributed by atoms with Gasteiger partial charge < -0.3 is 26.5 Å². The summed E-state index contributed by atoms with van der Waals surface area (Å²) < 4.78 is 4.06. The lowest BCUT2D eigenvalue weighted by atomic mass is 10.1. The van der Waals surface area contributed by atoms with Crippen LogP contribution >= 0.6 is 23.3 Å². The fourth-order valence-electron chi connectivity index (χ4n) is 3.09. The molecule has 0 spiro atoms. The van der Waals surface area contributed by atoms with Crippen LogP contribution in [0.3, 0.4) is 0 Å². The molecular weight excluding hydrogens is 438 g/mol. The lowest BCUT2D eigenvalue weighted by molar-refractivity contribution is -0.143. The predicted molar refractivity (Wildman–Crippen MR) is 119 cm³/mol. The molecule has 12 heteroatoms. The van der Waals surface area contributed by atoms with E-state index >= 15 is 0 Å². The predicted octanol–water partition coefficient (Wildman–Crippen LogP) is 0.804. The molecule has 2 aliphatic heterocycles. The maximum Gasteiger partial charge on any atom is 0.278 e. The molecule has 2 amide bonds. The number of fused-ring (bicyclic) bond motifs is 1. The Kier molecular flexibility index (Phi) is 6.20. The number of β-lactam (4-membered cyclic amide) rings is 1. The standard InChI is InChI=1S/C19H21N7O3S2/c1-10-7-26-17(28)14(18(26)30-9-10)22-16(27)13(15-23-19(21)31-25-15)24-29-8-12-4-2-11(6-20)3-5-12/h2-5,7,14,18H,6,8-9,20H2,1H3,(H,22,27)(H2,21,23,25)/t14?,18-/m0/s1. The Morgan fingerprint density at radius 1 is 1.35 bits per heavy atom. The van der Waals surface area contributed by atoms with Crippen molar-refractivity contribution in [2.45, 2.75) is 31.5 Å². The van der Waals surface area contributed by atoms with Crippen LogP contribution in [-0.2, 0) is 27.6 Å². The number of carbonyl (C=O) groups excluding carboxylic acids is 2.